The van der Waals surface area contributed by atoms with E-state index in [4.69, 9.17) is 14.2 Å². The van der Waals surface area contributed by atoms with Crippen LogP contribution >= 0.6 is 0 Å². The maximum atomic E-state index is 12.4. The summed E-state index contributed by atoms with van der Waals surface area (Å²) >= 11 is 0. The molecule has 29 heavy (non-hydrogen) atoms. The molecule has 5 heteroatoms. The molecule has 0 saturated heterocycles. The highest BCUT2D eigenvalue weighted by Crippen LogP contribution is 2.27. The summed E-state index contributed by atoms with van der Waals surface area (Å²) in [5.41, 5.74) is 1.82. The number of hydrogen-bond donors (Lipinski definition) is 1. The van der Waals surface area contributed by atoms with Crippen molar-refractivity contribution in [2.24, 2.45) is 0 Å². The van der Waals surface area contributed by atoms with Gasteiger partial charge in [-0.05, 0) is 36.8 Å². The zero-order valence-corrected chi connectivity index (χ0v) is 16.5. The lowest BCUT2D eigenvalue weighted by atomic mass is 10.2. The Morgan fingerprint density at radius 2 is 1.38 bits per heavy atom. The largest absolute Gasteiger partial charge is 0.491 e. The van der Waals surface area contributed by atoms with Crippen molar-refractivity contribution in [3.63, 3.8) is 0 Å². The standard InChI is InChI=1S/C24H25NO4/c1-2-27-22-14-8-9-15-23(22)29-18-24(26)25-20-12-6-7-13-21(20)28-17-16-19-10-4-3-5-11-19/h3-15H,2,16-18H2,1H3,(H,25,26). The predicted octanol–water partition coefficient (Wildman–Crippen LogP) is 4.72. The molecule has 0 spiro atoms. The molecule has 0 unspecified atom stereocenters. The predicted molar refractivity (Wildman–Crippen MR) is 114 cm³/mol. The van der Waals surface area contributed by atoms with E-state index in [0.29, 0.717) is 36.1 Å². The van der Waals surface area contributed by atoms with Gasteiger partial charge in [0.25, 0.3) is 5.91 Å². The number of amides is 1. The zero-order chi connectivity index (χ0) is 20.3. The molecule has 3 aromatic carbocycles. The van der Waals surface area contributed by atoms with Crippen molar-refractivity contribution in [3.8, 4) is 17.2 Å². The highest BCUT2D eigenvalue weighted by atomic mass is 16.5. The van der Waals surface area contributed by atoms with Crippen molar-refractivity contribution in [2.45, 2.75) is 13.3 Å². The summed E-state index contributed by atoms with van der Waals surface area (Å²) in [6, 6.07) is 24.8. The first-order valence-electron chi connectivity index (χ1n) is 9.66. The number of hydrogen-bond acceptors (Lipinski definition) is 4. The molecule has 1 N–H and O–H groups in total. The van der Waals surface area contributed by atoms with Gasteiger partial charge in [0.2, 0.25) is 0 Å². The Morgan fingerprint density at radius 1 is 0.759 bits per heavy atom. The Kier molecular flexibility index (Phi) is 7.52. The lowest BCUT2D eigenvalue weighted by Gasteiger charge is -2.14. The van der Waals surface area contributed by atoms with Gasteiger partial charge in [-0.2, -0.15) is 0 Å². The van der Waals surface area contributed by atoms with E-state index in [0.717, 1.165) is 6.42 Å². The zero-order valence-electron chi connectivity index (χ0n) is 16.5. The van der Waals surface area contributed by atoms with Crippen LogP contribution in [0.3, 0.4) is 0 Å². The molecule has 0 atom stereocenters. The van der Waals surface area contributed by atoms with Crippen molar-refractivity contribution in [1.82, 2.24) is 0 Å². The molecule has 5 nitrogen and oxygen atoms in total. The minimum absolute atomic E-state index is 0.123. The molecule has 0 aliphatic rings. The first-order chi connectivity index (χ1) is 14.3. The first-order valence-corrected chi connectivity index (χ1v) is 9.66. The number of carbonyl (C=O) groups is 1. The second-order valence-corrected chi connectivity index (χ2v) is 6.30. The molecule has 3 rings (SSSR count). The average molecular weight is 391 g/mol. The Labute approximate surface area is 171 Å². The quantitative estimate of drug-likeness (QED) is 0.543. The van der Waals surface area contributed by atoms with E-state index in [2.05, 4.69) is 17.4 Å². The van der Waals surface area contributed by atoms with Gasteiger partial charge in [-0.15, -0.1) is 0 Å². The summed E-state index contributed by atoms with van der Waals surface area (Å²) < 4.78 is 17.0. The summed E-state index contributed by atoms with van der Waals surface area (Å²) in [6.45, 7) is 2.83. The topological polar surface area (TPSA) is 56.8 Å². The van der Waals surface area contributed by atoms with Crippen molar-refractivity contribution >= 4 is 11.6 Å². The average Bonchev–Trinajstić information content (AvgIpc) is 2.75. The molecule has 0 bridgehead atoms. The van der Waals surface area contributed by atoms with Crippen molar-refractivity contribution in [3.05, 3.63) is 84.4 Å². The normalized spacial score (nSPS) is 10.2. The monoisotopic (exact) mass is 391 g/mol. The van der Waals surface area contributed by atoms with Gasteiger partial charge in [-0.25, -0.2) is 0 Å². The van der Waals surface area contributed by atoms with E-state index in [1.165, 1.54) is 5.56 Å². The maximum Gasteiger partial charge on any atom is 0.262 e. The number of carbonyl (C=O) groups excluding carboxylic acids is 1. The molecular weight excluding hydrogens is 366 g/mol. The van der Waals surface area contributed by atoms with E-state index < -0.39 is 0 Å². The fraction of sp³-hybridized carbons (Fsp3) is 0.208. The first kappa shape index (κ1) is 20.3. The second-order valence-electron chi connectivity index (χ2n) is 6.30. The highest BCUT2D eigenvalue weighted by molar-refractivity contribution is 5.93. The molecule has 3 aromatic rings. The number of benzene rings is 3. The Bertz CT molecular complexity index is 912. The van der Waals surface area contributed by atoms with Crippen molar-refractivity contribution < 1.29 is 19.0 Å². The fourth-order valence-corrected chi connectivity index (χ4v) is 2.79. The third kappa shape index (κ3) is 6.28. The summed E-state index contributed by atoms with van der Waals surface area (Å²) in [5, 5.41) is 2.85. The summed E-state index contributed by atoms with van der Waals surface area (Å²) in [5.74, 6) is 1.52. The number of ether oxygens (including phenoxy) is 3. The fourth-order valence-electron chi connectivity index (χ4n) is 2.79. The van der Waals surface area contributed by atoms with Crippen molar-refractivity contribution in [2.75, 3.05) is 25.1 Å². The van der Waals surface area contributed by atoms with Crippen LogP contribution in [0.1, 0.15) is 12.5 Å². The van der Waals surface area contributed by atoms with Crippen LogP contribution in [0, 0.1) is 0 Å². The second kappa shape index (κ2) is 10.8. The van der Waals surface area contributed by atoms with Gasteiger partial charge >= 0.3 is 0 Å². The molecule has 0 fully saturated rings. The lowest BCUT2D eigenvalue weighted by molar-refractivity contribution is -0.118. The van der Waals surface area contributed by atoms with E-state index in [-0.39, 0.29) is 12.5 Å². The van der Waals surface area contributed by atoms with E-state index >= 15 is 0 Å². The number of nitrogens with one attached hydrogen (secondary N) is 1. The van der Waals surface area contributed by atoms with Gasteiger partial charge in [-0.1, -0.05) is 54.6 Å². The molecule has 1 amide bonds. The molecule has 0 aromatic heterocycles. The SMILES string of the molecule is CCOc1ccccc1OCC(=O)Nc1ccccc1OCCc1ccccc1. The minimum Gasteiger partial charge on any atom is -0.491 e. The maximum absolute atomic E-state index is 12.4. The highest BCUT2D eigenvalue weighted by Gasteiger charge is 2.10. The third-order valence-electron chi connectivity index (χ3n) is 4.16. The minimum atomic E-state index is -0.268. The number of rotatable bonds is 10. The van der Waals surface area contributed by atoms with E-state index in [1.54, 1.807) is 6.07 Å². The van der Waals surface area contributed by atoms with Gasteiger partial charge in [0.1, 0.15) is 5.75 Å². The van der Waals surface area contributed by atoms with Gasteiger partial charge in [-0.3, -0.25) is 4.79 Å². The van der Waals surface area contributed by atoms with Gasteiger partial charge in [0.05, 0.1) is 18.9 Å². The lowest BCUT2D eigenvalue weighted by Crippen LogP contribution is -2.21. The van der Waals surface area contributed by atoms with Crippen LogP contribution in [0.15, 0.2) is 78.9 Å². The Morgan fingerprint density at radius 3 is 2.10 bits per heavy atom. The summed E-state index contributed by atoms with van der Waals surface area (Å²) in [4.78, 5) is 12.4. The van der Waals surface area contributed by atoms with E-state index in [9.17, 15) is 4.79 Å². The van der Waals surface area contributed by atoms with Crippen LogP contribution in [-0.2, 0) is 11.2 Å². The molecular formula is C24H25NO4. The van der Waals surface area contributed by atoms with E-state index in [1.807, 2.05) is 67.6 Å². The van der Waals surface area contributed by atoms with Crippen LogP contribution in [-0.4, -0.2) is 25.7 Å². The molecule has 0 aliphatic heterocycles. The number of anilines is 1. The summed E-state index contributed by atoms with van der Waals surface area (Å²) in [6.07, 6.45) is 0.792. The van der Waals surface area contributed by atoms with Crippen LogP contribution in [0.2, 0.25) is 0 Å². The number of para-hydroxylation sites is 4. The van der Waals surface area contributed by atoms with Gasteiger partial charge < -0.3 is 19.5 Å². The molecule has 0 radical (unpaired) electrons. The van der Waals surface area contributed by atoms with Crippen LogP contribution in [0.25, 0.3) is 0 Å². The van der Waals surface area contributed by atoms with Gasteiger partial charge in [0, 0.05) is 6.42 Å². The Balaban J connectivity index is 1.54. The van der Waals surface area contributed by atoms with Crippen molar-refractivity contribution in [1.29, 1.82) is 0 Å². The van der Waals surface area contributed by atoms with Crippen LogP contribution < -0.4 is 19.5 Å². The molecule has 0 saturated carbocycles. The third-order valence-corrected chi connectivity index (χ3v) is 4.16. The summed E-state index contributed by atoms with van der Waals surface area (Å²) in [7, 11) is 0. The van der Waals surface area contributed by atoms with Crippen LogP contribution in [0.5, 0.6) is 17.2 Å². The van der Waals surface area contributed by atoms with Gasteiger partial charge in [0.15, 0.2) is 18.1 Å². The molecule has 0 heterocycles. The molecule has 150 valence electrons. The molecule has 0 aliphatic carbocycles. The van der Waals surface area contributed by atoms with Crippen LogP contribution in [0.4, 0.5) is 5.69 Å². The smallest absolute Gasteiger partial charge is 0.262 e. The Hall–Kier alpha value is -3.47.